The summed E-state index contributed by atoms with van der Waals surface area (Å²) in [5, 5.41) is 3.37. The summed E-state index contributed by atoms with van der Waals surface area (Å²) in [6, 6.07) is 7.29. The van der Waals surface area contributed by atoms with Gasteiger partial charge >= 0.3 is 0 Å². The number of carbonyl (C=O) groups excluding carboxylic acids is 1. The van der Waals surface area contributed by atoms with E-state index < -0.39 is 10.0 Å². The molecule has 0 aromatic heterocycles. The van der Waals surface area contributed by atoms with Crippen LogP contribution in [0.25, 0.3) is 0 Å². The largest absolute Gasteiger partial charge is 0.352 e. The van der Waals surface area contributed by atoms with Crippen LogP contribution in [0.3, 0.4) is 0 Å². The molecule has 0 aliphatic rings. The predicted molar refractivity (Wildman–Crippen MR) is 93.9 cm³/mol. The number of halogens is 1. The predicted octanol–water partition coefficient (Wildman–Crippen LogP) is 2.80. The van der Waals surface area contributed by atoms with Gasteiger partial charge in [-0.1, -0.05) is 49.6 Å². The quantitative estimate of drug-likeness (QED) is 0.652. The Bertz CT molecular complexity index is 605. The number of sulfonamides is 1. The smallest absolute Gasteiger partial charge is 0.221 e. The van der Waals surface area contributed by atoms with Gasteiger partial charge in [-0.05, 0) is 18.1 Å². The summed E-state index contributed by atoms with van der Waals surface area (Å²) in [4.78, 5) is 11.9. The summed E-state index contributed by atoms with van der Waals surface area (Å²) in [5.41, 5.74) is 0.838. The summed E-state index contributed by atoms with van der Waals surface area (Å²) in [5.74, 6) is -0.186. The van der Waals surface area contributed by atoms with Crippen molar-refractivity contribution in [3.05, 3.63) is 34.9 Å². The lowest BCUT2D eigenvalue weighted by atomic mass is 10.2. The van der Waals surface area contributed by atoms with Gasteiger partial charge in [0.05, 0.1) is 6.26 Å². The Morgan fingerprint density at radius 2 is 1.91 bits per heavy atom. The van der Waals surface area contributed by atoms with Crippen LogP contribution < -0.4 is 5.32 Å². The third-order valence-electron chi connectivity index (χ3n) is 3.50. The minimum absolute atomic E-state index is 0.143. The Morgan fingerprint density at radius 3 is 2.52 bits per heavy atom. The highest BCUT2D eigenvalue weighted by Crippen LogP contribution is 2.14. The molecule has 0 aliphatic carbocycles. The Hall–Kier alpha value is -1.11. The molecule has 1 N–H and O–H groups in total. The maximum absolute atomic E-state index is 11.9. The second-order valence-electron chi connectivity index (χ2n) is 5.49. The number of hydrogen-bond acceptors (Lipinski definition) is 3. The zero-order chi connectivity index (χ0) is 17.3. The number of nitrogens with zero attached hydrogens (tertiary/aromatic N) is 1. The monoisotopic (exact) mass is 360 g/mol. The fourth-order valence-corrected chi connectivity index (χ4v) is 3.22. The average Bonchev–Trinajstić information content (AvgIpc) is 2.48. The van der Waals surface area contributed by atoms with Crippen molar-refractivity contribution in [2.45, 2.75) is 39.2 Å². The summed E-state index contributed by atoms with van der Waals surface area (Å²) in [7, 11) is -3.28. The lowest BCUT2D eigenvalue weighted by Crippen LogP contribution is -2.35. The molecule has 0 atom stereocenters. The van der Waals surface area contributed by atoms with Crippen LogP contribution in [-0.2, 0) is 21.4 Å². The van der Waals surface area contributed by atoms with Gasteiger partial charge in [0, 0.05) is 31.1 Å². The van der Waals surface area contributed by atoms with Gasteiger partial charge in [0.15, 0.2) is 0 Å². The Morgan fingerprint density at radius 1 is 1.22 bits per heavy atom. The van der Waals surface area contributed by atoms with Gasteiger partial charge in [0.1, 0.15) is 0 Å². The minimum atomic E-state index is -3.28. The van der Waals surface area contributed by atoms with Crippen molar-refractivity contribution in [2.75, 3.05) is 19.3 Å². The first-order valence-electron chi connectivity index (χ1n) is 7.79. The van der Waals surface area contributed by atoms with Crippen LogP contribution in [0.5, 0.6) is 0 Å². The third-order valence-corrected chi connectivity index (χ3v) is 5.17. The van der Waals surface area contributed by atoms with E-state index in [1.54, 1.807) is 6.07 Å². The van der Waals surface area contributed by atoms with E-state index in [9.17, 15) is 13.2 Å². The summed E-state index contributed by atoms with van der Waals surface area (Å²) in [6.45, 7) is 3.07. The number of benzene rings is 1. The molecule has 23 heavy (non-hydrogen) atoms. The molecule has 1 rings (SSSR count). The van der Waals surface area contributed by atoms with Crippen LogP contribution in [-0.4, -0.2) is 38.0 Å². The van der Waals surface area contributed by atoms with Crippen LogP contribution in [0.15, 0.2) is 24.3 Å². The van der Waals surface area contributed by atoms with E-state index in [1.807, 2.05) is 18.2 Å². The number of amides is 1. The molecule has 0 saturated carbocycles. The fraction of sp³-hybridized carbons (Fsp3) is 0.562. The molecule has 7 heteroatoms. The number of nitrogens with one attached hydrogen (secondary N) is 1. The molecule has 1 amide bonds. The van der Waals surface area contributed by atoms with Gasteiger partial charge in [-0.15, -0.1) is 0 Å². The summed E-state index contributed by atoms with van der Waals surface area (Å²) >= 11 is 6.03. The molecule has 0 saturated heterocycles. The fourth-order valence-electron chi connectivity index (χ4n) is 2.13. The summed E-state index contributed by atoms with van der Waals surface area (Å²) in [6.07, 6.45) is 4.13. The maximum atomic E-state index is 11.9. The van der Waals surface area contributed by atoms with Crippen molar-refractivity contribution in [3.8, 4) is 0 Å². The van der Waals surface area contributed by atoms with Crippen LogP contribution in [0.2, 0.25) is 5.02 Å². The van der Waals surface area contributed by atoms with Gasteiger partial charge in [-0.3, -0.25) is 4.79 Å². The highest BCUT2D eigenvalue weighted by Gasteiger charge is 2.17. The number of unbranched alkanes of at least 4 members (excludes halogenated alkanes) is 2. The first-order chi connectivity index (χ1) is 10.8. The van der Waals surface area contributed by atoms with Gasteiger partial charge in [0.25, 0.3) is 0 Å². The molecule has 0 radical (unpaired) electrons. The second-order valence-corrected chi connectivity index (χ2v) is 7.88. The van der Waals surface area contributed by atoms with E-state index in [4.69, 9.17) is 11.6 Å². The molecular formula is C16H25ClN2O3S. The van der Waals surface area contributed by atoms with Gasteiger partial charge in [-0.2, -0.15) is 0 Å². The summed E-state index contributed by atoms with van der Waals surface area (Å²) < 4.78 is 24.9. The maximum Gasteiger partial charge on any atom is 0.221 e. The Balaban J connectivity index is 2.44. The normalized spacial score (nSPS) is 11.7. The number of hydrogen-bond donors (Lipinski definition) is 1. The third kappa shape index (κ3) is 7.81. The molecule has 0 spiro atoms. The molecule has 1 aromatic rings. The molecule has 130 valence electrons. The van der Waals surface area contributed by atoms with E-state index in [0.29, 0.717) is 18.1 Å². The van der Waals surface area contributed by atoms with E-state index >= 15 is 0 Å². The van der Waals surface area contributed by atoms with E-state index in [2.05, 4.69) is 12.2 Å². The lowest BCUT2D eigenvalue weighted by molar-refractivity contribution is -0.121. The van der Waals surface area contributed by atoms with Crippen molar-refractivity contribution < 1.29 is 13.2 Å². The van der Waals surface area contributed by atoms with Gasteiger partial charge in [0.2, 0.25) is 15.9 Å². The second kappa shape index (κ2) is 9.90. The van der Waals surface area contributed by atoms with Crippen molar-refractivity contribution in [3.63, 3.8) is 0 Å². The standard InChI is InChI=1S/C16H25ClN2O3S/c1-3-4-7-11-19(23(2,21)22)12-10-16(20)18-13-14-8-5-6-9-15(14)17/h5-6,8-9H,3-4,7,10-13H2,1-2H3,(H,18,20). The van der Waals surface area contributed by atoms with Crippen LogP contribution >= 0.6 is 11.6 Å². The molecule has 1 aromatic carbocycles. The zero-order valence-corrected chi connectivity index (χ0v) is 15.3. The van der Waals surface area contributed by atoms with Crippen molar-refractivity contribution in [1.82, 2.24) is 9.62 Å². The van der Waals surface area contributed by atoms with Crippen molar-refractivity contribution in [2.24, 2.45) is 0 Å². The van der Waals surface area contributed by atoms with E-state index in [-0.39, 0.29) is 18.9 Å². The molecule has 0 heterocycles. The molecule has 0 unspecified atom stereocenters. The van der Waals surface area contributed by atoms with Crippen molar-refractivity contribution in [1.29, 1.82) is 0 Å². The van der Waals surface area contributed by atoms with Crippen molar-refractivity contribution >= 4 is 27.5 Å². The van der Waals surface area contributed by atoms with Crippen LogP contribution in [0, 0.1) is 0 Å². The lowest BCUT2D eigenvalue weighted by Gasteiger charge is -2.19. The van der Waals surface area contributed by atoms with Gasteiger partial charge < -0.3 is 5.32 Å². The molecule has 0 bridgehead atoms. The van der Waals surface area contributed by atoms with E-state index in [1.165, 1.54) is 10.6 Å². The average molecular weight is 361 g/mol. The zero-order valence-electron chi connectivity index (χ0n) is 13.7. The molecular weight excluding hydrogens is 336 g/mol. The Kier molecular flexibility index (Phi) is 8.58. The van der Waals surface area contributed by atoms with E-state index in [0.717, 1.165) is 24.8 Å². The molecule has 0 fully saturated rings. The minimum Gasteiger partial charge on any atom is -0.352 e. The Labute approximate surface area is 144 Å². The highest BCUT2D eigenvalue weighted by atomic mass is 35.5. The van der Waals surface area contributed by atoms with Crippen LogP contribution in [0.1, 0.15) is 38.2 Å². The first kappa shape index (κ1) is 19.9. The SMILES string of the molecule is CCCCCN(CCC(=O)NCc1ccccc1Cl)S(C)(=O)=O. The first-order valence-corrected chi connectivity index (χ1v) is 10.0. The van der Waals surface area contributed by atoms with Crippen LogP contribution in [0.4, 0.5) is 0 Å². The molecule has 5 nitrogen and oxygen atoms in total. The highest BCUT2D eigenvalue weighted by molar-refractivity contribution is 7.88. The topological polar surface area (TPSA) is 66.5 Å². The molecule has 0 aliphatic heterocycles. The van der Waals surface area contributed by atoms with Gasteiger partial charge in [-0.25, -0.2) is 12.7 Å². The number of carbonyl (C=O) groups is 1. The number of rotatable bonds is 10.